The van der Waals surface area contributed by atoms with Crippen molar-refractivity contribution in [3.05, 3.63) is 50.6 Å². The van der Waals surface area contributed by atoms with Crippen LogP contribution in [0.1, 0.15) is 49.4 Å². The van der Waals surface area contributed by atoms with Crippen molar-refractivity contribution in [2.75, 3.05) is 5.32 Å². The molecule has 3 N–H and O–H groups in total. The Kier molecular flexibility index (Phi) is 4.55. The molecule has 8 nitrogen and oxygen atoms in total. The molecule has 3 aromatic rings. The van der Waals surface area contributed by atoms with Crippen molar-refractivity contribution in [1.29, 1.82) is 0 Å². The summed E-state index contributed by atoms with van der Waals surface area (Å²) >= 11 is 0. The Labute approximate surface area is 188 Å². The fraction of sp³-hybridized carbons (Fsp3) is 0.375. The maximum Gasteiger partial charge on any atom is 0.343 e. The van der Waals surface area contributed by atoms with Crippen LogP contribution in [0.2, 0.25) is 0 Å². The molecular weight excluding hydrogens is 429 g/mol. The highest BCUT2D eigenvalue weighted by Gasteiger charge is 2.45. The topological polar surface area (TPSA) is 114 Å². The second kappa shape index (κ2) is 7.02. The van der Waals surface area contributed by atoms with Gasteiger partial charge in [0.2, 0.25) is 0 Å². The predicted octanol–water partition coefficient (Wildman–Crippen LogP) is 3.05. The average molecular weight is 453 g/mol. The number of cyclic esters (lactones) is 1. The number of halogens is 1. The first-order chi connectivity index (χ1) is 15.6. The Morgan fingerprint density at radius 2 is 2.03 bits per heavy atom. The Hall–Kier alpha value is -3.46. The first kappa shape index (κ1) is 21.4. The van der Waals surface area contributed by atoms with E-state index in [0.29, 0.717) is 22.3 Å². The Bertz CT molecular complexity index is 1430. The summed E-state index contributed by atoms with van der Waals surface area (Å²) in [6, 6.07) is 2.72. The van der Waals surface area contributed by atoms with E-state index in [1.54, 1.807) is 13.0 Å². The zero-order chi connectivity index (χ0) is 23.8. The molecule has 4 heterocycles. The molecule has 1 aromatic carbocycles. The maximum atomic E-state index is 14.5. The number of hydrogen-bond acceptors (Lipinski definition) is 7. The number of fused-ring (bicyclic) bond motifs is 5. The van der Waals surface area contributed by atoms with Gasteiger partial charge in [0.25, 0.3) is 5.56 Å². The van der Waals surface area contributed by atoms with Crippen molar-refractivity contribution >= 4 is 22.6 Å². The largest absolute Gasteiger partial charge is 0.503 e. The molecule has 0 spiro atoms. The van der Waals surface area contributed by atoms with Crippen LogP contribution in [-0.4, -0.2) is 31.8 Å². The number of hydrogen-bond donors (Lipinski definition) is 3. The molecule has 172 valence electrons. The number of benzene rings is 1. The van der Waals surface area contributed by atoms with Crippen molar-refractivity contribution in [2.24, 2.45) is 0 Å². The number of carbonyl (C=O) groups excluding carboxylic acids is 1. The number of carbonyl (C=O) groups is 1. The van der Waals surface area contributed by atoms with Gasteiger partial charge in [-0.25, -0.2) is 14.2 Å². The number of phenols is 1. The Balaban J connectivity index is 1.82. The molecule has 2 aliphatic heterocycles. The number of aryl methyl sites for hydroxylation is 1. The van der Waals surface area contributed by atoms with Gasteiger partial charge in [-0.1, -0.05) is 6.92 Å². The fourth-order valence-electron chi connectivity index (χ4n) is 4.86. The molecule has 0 radical (unpaired) electrons. The van der Waals surface area contributed by atoms with Crippen molar-refractivity contribution < 1.29 is 24.1 Å². The SMILES string of the molecule is CC[C@@]1(O)C(=O)OCc2c1cc1n(c2=O)Cc2c-1nc1cc(F)c(O)c(NC(C)C)c1c2C. The Morgan fingerprint density at radius 3 is 2.70 bits per heavy atom. The van der Waals surface area contributed by atoms with E-state index in [4.69, 9.17) is 4.74 Å². The second-order valence-corrected chi connectivity index (χ2v) is 8.94. The molecule has 0 bridgehead atoms. The number of aliphatic hydroxyl groups is 1. The van der Waals surface area contributed by atoms with Gasteiger partial charge in [-0.3, -0.25) is 4.79 Å². The van der Waals surface area contributed by atoms with E-state index >= 15 is 0 Å². The van der Waals surface area contributed by atoms with Crippen LogP contribution < -0.4 is 10.9 Å². The number of anilines is 1. The lowest BCUT2D eigenvalue weighted by molar-refractivity contribution is -0.172. The second-order valence-electron chi connectivity index (χ2n) is 8.94. The number of aromatic hydroxyl groups is 1. The monoisotopic (exact) mass is 453 g/mol. The van der Waals surface area contributed by atoms with Gasteiger partial charge in [0, 0.05) is 28.6 Å². The molecule has 1 atom stereocenters. The summed E-state index contributed by atoms with van der Waals surface area (Å²) in [6.07, 6.45) is 0.0491. The van der Waals surface area contributed by atoms with Crippen molar-refractivity contribution in [3.8, 4) is 17.1 Å². The van der Waals surface area contributed by atoms with Crippen LogP contribution in [0.15, 0.2) is 16.9 Å². The lowest BCUT2D eigenvalue weighted by Crippen LogP contribution is -2.44. The van der Waals surface area contributed by atoms with Gasteiger partial charge in [-0.15, -0.1) is 0 Å². The van der Waals surface area contributed by atoms with Crippen LogP contribution in [0.3, 0.4) is 0 Å². The van der Waals surface area contributed by atoms with Crippen molar-refractivity contribution in [3.63, 3.8) is 0 Å². The molecule has 0 amide bonds. The molecule has 33 heavy (non-hydrogen) atoms. The highest BCUT2D eigenvalue weighted by molar-refractivity contribution is 6.00. The van der Waals surface area contributed by atoms with Crippen LogP contribution in [0.5, 0.6) is 5.75 Å². The Morgan fingerprint density at radius 1 is 1.30 bits per heavy atom. The third kappa shape index (κ3) is 2.81. The van der Waals surface area contributed by atoms with Crippen LogP contribution in [0, 0.1) is 12.7 Å². The number of nitrogens with zero attached hydrogens (tertiary/aromatic N) is 2. The summed E-state index contributed by atoms with van der Waals surface area (Å²) in [5, 5.41) is 25.1. The summed E-state index contributed by atoms with van der Waals surface area (Å²) in [7, 11) is 0. The minimum Gasteiger partial charge on any atom is -0.503 e. The van der Waals surface area contributed by atoms with E-state index in [0.717, 1.165) is 11.1 Å². The number of nitrogens with one attached hydrogen (secondary N) is 1. The number of esters is 1. The van der Waals surface area contributed by atoms with Crippen LogP contribution in [0.4, 0.5) is 10.1 Å². The third-order valence-electron chi connectivity index (χ3n) is 6.61. The summed E-state index contributed by atoms with van der Waals surface area (Å²) in [4.78, 5) is 30.3. The molecule has 0 saturated heterocycles. The van der Waals surface area contributed by atoms with Crippen molar-refractivity contribution in [1.82, 2.24) is 9.55 Å². The number of ether oxygens (including phenoxy) is 1. The van der Waals surface area contributed by atoms with Crippen LogP contribution in [0.25, 0.3) is 22.3 Å². The van der Waals surface area contributed by atoms with Gasteiger partial charge in [-0.2, -0.15) is 0 Å². The van der Waals surface area contributed by atoms with Crippen molar-refractivity contribution in [2.45, 2.75) is 58.9 Å². The van der Waals surface area contributed by atoms with E-state index in [-0.39, 0.29) is 48.0 Å². The number of aromatic nitrogens is 2. The summed E-state index contributed by atoms with van der Waals surface area (Å²) in [5.41, 5.74) is 1.22. The van der Waals surface area contributed by atoms with E-state index < -0.39 is 23.1 Å². The van der Waals surface area contributed by atoms with Gasteiger partial charge >= 0.3 is 5.97 Å². The first-order valence-corrected chi connectivity index (χ1v) is 10.9. The van der Waals surface area contributed by atoms with Gasteiger partial charge in [0.15, 0.2) is 17.2 Å². The molecule has 2 aliphatic rings. The highest BCUT2D eigenvalue weighted by atomic mass is 19.1. The van der Waals surface area contributed by atoms with E-state index in [2.05, 4.69) is 10.3 Å². The van der Waals surface area contributed by atoms with E-state index in [1.165, 1.54) is 10.6 Å². The van der Waals surface area contributed by atoms with Gasteiger partial charge < -0.3 is 24.8 Å². The summed E-state index contributed by atoms with van der Waals surface area (Å²) in [5.74, 6) is -2.07. The first-order valence-electron chi connectivity index (χ1n) is 10.9. The average Bonchev–Trinajstić information content (AvgIpc) is 3.13. The van der Waals surface area contributed by atoms with E-state index in [1.807, 2.05) is 20.8 Å². The number of phenolic OH excluding ortho intramolecular Hbond substituents is 1. The molecular formula is C24H24FN3O5. The predicted molar refractivity (Wildman–Crippen MR) is 120 cm³/mol. The molecule has 9 heteroatoms. The van der Waals surface area contributed by atoms with Crippen LogP contribution >= 0.6 is 0 Å². The van der Waals surface area contributed by atoms with Gasteiger partial charge in [0.05, 0.1) is 34.7 Å². The molecule has 2 aromatic heterocycles. The standard InChI is InChI=1S/C24H24FN3O5/c1-5-24(32)14-6-17-19-12(8-28(17)22(30)13(14)9-33-23(24)31)11(4)18-16(27-19)7-15(25)21(29)20(18)26-10(2)3/h6-7,10,26,29,32H,5,8-9H2,1-4H3/t24-/m0/s1. The quantitative estimate of drug-likeness (QED) is 0.323. The normalized spacial score (nSPS) is 18.8. The maximum absolute atomic E-state index is 14.5. The fourth-order valence-corrected chi connectivity index (χ4v) is 4.86. The lowest BCUT2D eigenvalue weighted by Gasteiger charge is -2.31. The highest BCUT2D eigenvalue weighted by Crippen LogP contribution is 2.43. The molecule has 0 unspecified atom stereocenters. The number of rotatable bonds is 3. The smallest absolute Gasteiger partial charge is 0.343 e. The minimum atomic E-state index is -1.91. The third-order valence-corrected chi connectivity index (χ3v) is 6.61. The zero-order valence-corrected chi connectivity index (χ0v) is 18.7. The molecule has 5 rings (SSSR count). The zero-order valence-electron chi connectivity index (χ0n) is 18.7. The van der Waals surface area contributed by atoms with E-state index in [9.17, 15) is 24.2 Å². The minimum absolute atomic E-state index is 0.0491. The molecule has 0 aliphatic carbocycles. The van der Waals surface area contributed by atoms with Gasteiger partial charge in [0.1, 0.15) is 6.61 Å². The number of pyridine rings is 2. The summed E-state index contributed by atoms with van der Waals surface area (Å²) < 4.78 is 21.2. The molecule has 0 saturated carbocycles. The van der Waals surface area contributed by atoms with Gasteiger partial charge in [-0.05, 0) is 38.8 Å². The van der Waals surface area contributed by atoms with Crippen LogP contribution in [-0.2, 0) is 28.3 Å². The summed E-state index contributed by atoms with van der Waals surface area (Å²) in [6.45, 7) is 7.27. The molecule has 0 fully saturated rings. The lowest BCUT2D eigenvalue weighted by atomic mass is 9.86.